The number of nitrogens with zero attached hydrogens (tertiary/aromatic N) is 3. The van der Waals surface area contributed by atoms with E-state index in [0.29, 0.717) is 6.54 Å². The summed E-state index contributed by atoms with van der Waals surface area (Å²) in [5, 5.41) is 0. The van der Waals surface area contributed by atoms with Gasteiger partial charge in [-0.05, 0) is 37.6 Å². The predicted octanol–water partition coefficient (Wildman–Crippen LogP) is 3.83. The maximum Gasteiger partial charge on any atom is 0.416 e. The molecule has 0 radical (unpaired) electrons. The summed E-state index contributed by atoms with van der Waals surface area (Å²) in [7, 11) is 4.26. The highest BCUT2D eigenvalue weighted by Crippen LogP contribution is 2.39. The molecule has 3 N–H and O–H groups in total. The molecule has 1 heterocycles. The van der Waals surface area contributed by atoms with E-state index in [4.69, 9.17) is 5.73 Å². The van der Waals surface area contributed by atoms with Crippen LogP contribution >= 0.6 is 0 Å². The number of halogens is 3. The highest BCUT2D eigenvalue weighted by atomic mass is 32.2. The minimum absolute atomic E-state index is 0.107. The molecule has 7 nitrogen and oxygen atoms in total. The SMILES string of the molecule is CN(C(=O)Cc1c(N)cc(C(F)(F)F)cc1[N+](C)(C)S(=O)O)[C@H](CN1CCCC1)c1ccccc1. The Kier molecular flexibility index (Phi) is 8.25. The largest absolute Gasteiger partial charge is 0.416 e. The van der Waals surface area contributed by atoms with Crippen LogP contribution in [0.2, 0.25) is 0 Å². The summed E-state index contributed by atoms with van der Waals surface area (Å²) in [5.41, 5.74) is 5.65. The molecule has 0 aliphatic carbocycles. The van der Waals surface area contributed by atoms with Gasteiger partial charge in [0.05, 0.1) is 32.1 Å². The fourth-order valence-electron chi connectivity index (χ4n) is 4.39. The average molecular weight is 514 g/mol. The van der Waals surface area contributed by atoms with Crippen LogP contribution in [0.5, 0.6) is 0 Å². The molecule has 3 rings (SSSR count). The zero-order valence-electron chi connectivity index (χ0n) is 20.1. The summed E-state index contributed by atoms with van der Waals surface area (Å²) in [6, 6.07) is 10.9. The van der Waals surface area contributed by atoms with Crippen molar-refractivity contribution >= 4 is 28.5 Å². The fraction of sp³-hybridized carbons (Fsp3) is 0.458. The molecule has 0 saturated carbocycles. The predicted molar refractivity (Wildman–Crippen MR) is 132 cm³/mol. The number of alkyl halides is 3. The Hall–Kier alpha value is -2.47. The quantitative estimate of drug-likeness (QED) is 0.318. The standard InChI is InChI=1S/C24H31F3N4O3S/c1-29(21(16-30-11-7-8-12-30)17-9-5-4-6-10-17)23(32)15-19-20(28)13-18(24(25,26)27)14-22(19)31(2,3)35(33)34/h4-6,9-10,13-14,21H,7-8,11-12,15-16,28H2,1-3H3/p+1/t21-/m1/s1. The van der Waals surface area contributed by atoms with Crippen molar-refractivity contribution in [1.29, 1.82) is 0 Å². The molecular weight excluding hydrogens is 481 g/mol. The summed E-state index contributed by atoms with van der Waals surface area (Å²) in [6.45, 7) is 2.51. The third kappa shape index (κ3) is 6.21. The molecule has 0 spiro atoms. The Morgan fingerprint density at radius 2 is 1.80 bits per heavy atom. The normalized spacial score (nSPS) is 16.8. The number of carbonyl (C=O) groups excluding carboxylic acids is 1. The Morgan fingerprint density at radius 3 is 2.34 bits per heavy atom. The maximum absolute atomic E-state index is 13.5. The van der Waals surface area contributed by atoms with E-state index < -0.39 is 26.9 Å². The van der Waals surface area contributed by atoms with Crippen molar-refractivity contribution in [1.82, 2.24) is 13.7 Å². The van der Waals surface area contributed by atoms with Crippen LogP contribution in [0, 0.1) is 0 Å². The zero-order valence-corrected chi connectivity index (χ0v) is 20.9. The van der Waals surface area contributed by atoms with Gasteiger partial charge in [-0.15, -0.1) is 0 Å². The number of hydrogen-bond acceptors (Lipinski definition) is 4. The van der Waals surface area contributed by atoms with Crippen LogP contribution < -0.4 is 9.62 Å². The number of amides is 1. The number of carbonyl (C=O) groups is 1. The third-order valence-electron chi connectivity index (χ3n) is 6.56. The monoisotopic (exact) mass is 513 g/mol. The topological polar surface area (TPSA) is 86.9 Å². The lowest BCUT2D eigenvalue weighted by Crippen LogP contribution is -2.44. The van der Waals surface area contributed by atoms with E-state index in [0.717, 1.165) is 43.6 Å². The molecule has 35 heavy (non-hydrogen) atoms. The van der Waals surface area contributed by atoms with Crippen molar-refractivity contribution in [3.8, 4) is 0 Å². The molecule has 192 valence electrons. The van der Waals surface area contributed by atoms with Crippen molar-refractivity contribution in [3.05, 3.63) is 59.2 Å². The maximum atomic E-state index is 13.5. The van der Waals surface area contributed by atoms with Gasteiger partial charge in [-0.1, -0.05) is 30.3 Å². The number of likely N-dealkylation sites (N-methyl/N-ethyl adjacent to an activating group) is 1. The zero-order chi connectivity index (χ0) is 26.0. The summed E-state index contributed by atoms with van der Waals surface area (Å²) in [4.78, 5) is 17.3. The number of hydrogen-bond donors (Lipinski definition) is 2. The Bertz CT molecular complexity index is 1070. The van der Waals surface area contributed by atoms with E-state index in [1.807, 2.05) is 30.3 Å². The molecule has 2 aromatic rings. The lowest BCUT2D eigenvalue weighted by molar-refractivity contribution is -0.137. The average Bonchev–Trinajstić information content (AvgIpc) is 3.31. The number of likely N-dealkylation sites (tertiary alicyclic amines) is 1. The van der Waals surface area contributed by atoms with Crippen molar-refractivity contribution < 1.29 is 26.7 Å². The molecule has 1 aliphatic heterocycles. The number of anilines is 1. The van der Waals surface area contributed by atoms with Crippen LogP contribution in [0.25, 0.3) is 0 Å². The second-order valence-corrected chi connectivity index (χ2v) is 10.6. The first-order valence-corrected chi connectivity index (χ1v) is 12.4. The number of rotatable bonds is 8. The molecule has 1 fully saturated rings. The van der Waals surface area contributed by atoms with Gasteiger partial charge in [0.2, 0.25) is 5.91 Å². The molecule has 1 saturated heterocycles. The molecule has 11 heteroatoms. The molecule has 0 bridgehead atoms. The van der Waals surface area contributed by atoms with Crippen LogP contribution in [-0.2, 0) is 28.7 Å². The van der Waals surface area contributed by atoms with Gasteiger partial charge in [-0.3, -0.25) is 9.35 Å². The molecule has 2 atom stereocenters. The molecule has 1 aliphatic rings. The number of quaternary nitrogens is 1. The fourth-order valence-corrected chi connectivity index (χ4v) is 4.72. The molecule has 1 unspecified atom stereocenters. The number of nitrogens with two attached hydrogens (primary N) is 1. The summed E-state index contributed by atoms with van der Waals surface area (Å²) in [6.07, 6.45) is -2.82. The summed E-state index contributed by atoms with van der Waals surface area (Å²) < 4.78 is 61.4. The van der Waals surface area contributed by atoms with E-state index in [9.17, 15) is 26.7 Å². The van der Waals surface area contributed by atoms with Gasteiger partial charge in [0.15, 0.2) is 5.69 Å². The lowest BCUT2D eigenvalue weighted by atomic mass is 10.00. The van der Waals surface area contributed by atoms with Gasteiger partial charge in [-0.2, -0.15) is 21.3 Å². The van der Waals surface area contributed by atoms with E-state index >= 15 is 0 Å². The first-order valence-electron chi connectivity index (χ1n) is 11.3. The third-order valence-corrected chi connectivity index (χ3v) is 7.54. The van der Waals surface area contributed by atoms with E-state index in [2.05, 4.69) is 4.90 Å². The molecular formula is C24H32F3N4O3S+. The second-order valence-electron chi connectivity index (χ2n) is 9.26. The van der Waals surface area contributed by atoms with E-state index in [1.165, 1.54) is 14.1 Å². The van der Waals surface area contributed by atoms with Gasteiger partial charge in [-0.25, -0.2) is 0 Å². The van der Waals surface area contributed by atoms with Crippen molar-refractivity contribution in [3.63, 3.8) is 0 Å². The van der Waals surface area contributed by atoms with Gasteiger partial charge in [0, 0.05) is 30.9 Å². The minimum Gasteiger partial charge on any atom is -0.398 e. The van der Waals surface area contributed by atoms with Crippen molar-refractivity contribution in [2.45, 2.75) is 31.5 Å². The Labute approximate surface area is 206 Å². The second kappa shape index (κ2) is 10.7. The summed E-state index contributed by atoms with van der Waals surface area (Å²) >= 11 is -2.56. The summed E-state index contributed by atoms with van der Waals surface area (Å²) in [5.74, 6) is -0.352. The molecule has 2 aromatic carbocycles. The number of benzene rings is 2. The van der Waals surface area contributed by atoms with Crippen LogP contribution in [0.1, 0.15) is 35.6 Å². The van der Waals surface area contributed by atoms with Crippen molar-refractivity contribution in [2.75, 3.05) is 46.5 Å². The molecule has 0 aromatic heterocycles. The van der Waals surface area contributed by atoms with Gasteiger partial charge in [0.25, 0.3) is 0 Å². The van der Waals surface area contributed by atoms with Crippen molar-refractivity contribution in [2.24, 2.45) is 0 Å². The van der Waals surface area contributed by atoms with Crippen LogP contribution in [0.15, 0.2) is 42.5 Å². The highest BCUT2D eigenvalue weighted by molar-refractivity contribution is 7.78. The Balaban J connectivity index is 1.98. The first kappa shape index (κ1) is 27.1. The van der Waals surface area contributed by atoms with E-state index in [-0.39, 0.29) is 35.3 Å². The van der Waals surface area contributed by atoms with Crippen LogP contribution in [-0.4, -0.2) is 65.2 Å². The Morgan fingerprint density at radius 1 is 1.20 bits per heavy atom. The van der Waals surface area contributed by atoms with Gasteiger partial charge >= 0.3 is 17.4 Å². The van der Waals surface area contributed by atoms with E-state index in [1.54, 1.807) is 11.9 Å². The van der Waals surface area contributed by atoms with Crippen LogP contribution in [0.3, 0.4) is 0 Å². The highest BCUT2D eigenvalue weighted by Gasteiger charge is 2.38. The lowest BCUT2D eigenvalue weighted by Gasteiger charge is -2.33. The minimum atomic E-state index is -4.70. The smallest absolute Gasteiger partial charge is 0.398 e. The first-order chi connectivity index (χ1) is 16.3. The van der Waals surface area contributed by atoms with Gasteiger partial charge in [0.1, 0.15) is 0 Å². The van der Waals surface area contributed by atoms with Crippen LogP contribution in [0.4, 0.5) is 24.5 Å². The number of nitrogen functional groups attached to an aromatic ring is 1. The van der Waals surface area contributed by atoms with Gasteiger partial charge < -0.3 is 15.5 Å². The molecule has 1 amide bonds.